The van der Waals surface area contributed by atoms with Crippen molar-refractivity contribution in [3.8, 4) is 5.75 Å². The molecule has 0 aliphatic heterocycles. The van der Waals surface area contributed by atoms with Gasteiger partial charge in [0.1, 0.15) is 5.75 Å². The summed E-state index contributed by atoms with van der Waals surface area (Å²) in [5.41, 5.74) is 3.06. The molecule has 0 aliphatic carbocycles. The number of amides is 1. The molecule has 4 nitrogen and oxygen atoms in total. The molecule has 0 heterocycles. The van der Waals surface area contributed by atoms with Gasteiger partial charge in [-0.3, -0.25) is 9.59 Å². The van der Waals surface area contributed by atoms with E-state index in [1.54, 1.807) is 12.1 Å². The zero-order valence-electron chi connectivity index (χ0n) is 12.1. The number of carbonyl (C=O) groups is 2. The normalized spacial score (nSPS) is 10.0. The average Bonchev–Trinajstić information content (AvgIpc) is 2.45. The van der Waals surface area contributed by atoms with E-state index in [-0.39, 0.29) is 12.5 Å². The molecule has 0 saturated heterocycles. The fraction of sp³-hybridized carbons (Fsp3) is 0.176. The average molecular weight is 283 g/mol. The lowest BCUT2D eigenvalue weighted by atomic mass is 10.1. The fourth-order valence-electron chi connectivity index (χ4n) is 2.02. The van der Waals surface area contributed by atoms with Crippen LogP contribution in [0.15, 0.2) is 42.5 Å². The van der Waals surface area contributed by atoms with E-state index in [0.717, 1.165) is 23.1 Å². The van der Waals surface area contributed by atoms with Crippen LogP contribution in [0.4, 0.5) is 5.69 Å². The molecule has 0 aliphatic rings. The zero-order chi connectivity index (χ0) is 15.2. The van der Waals surface area contributed by atoms with Gasteiger partial charge in [-0.1, -0.05) is 24.3 Å². The third-order valence-corrected chi connectivity index (χ3v) is 3.02. The van der Waals surface area contributed by atoms with Gasteiger partial charge in [0.25, 0.3) is 5.91 Å². The maximum atomic E-state index is 11.9. The monoisotopic (exact) mass is 283 g/mol. The Morgan fingerprint density at radius 2 is 1.95 bits per heavy atom. The highest BCUT2D eigenvalue weighted by molar-refractivity contribution is 5.92. The van der Waals surface area contributed by atoms with Crippen LogP contribution in [0.3, 0.4) is 0 Å². The maximum Gasteiger partial charge on any atom is 0.262 e. The van der Waals surface area contributed by atoms with Gasteiger partial charge < -0.3 is 10.1 Å². The number of para-hydroxylation sites is 1. The van der Waals surface area contributed by atoms with Gasteiger partial charge >= 0.3 is 0 Å². The molecule has 0 bridgehead atoms. The smallest absolute Gasteiger partial charge is 0.262 e. The van der Waals surface area contributed by atoms with E-state index in [4.69, 9.17) is 4.74 Å². The van der Waals surface area contributed by atoms with Crippen molar-refractivity contribution in [3.05, 3.63) is 59.2 Å². The van der Waals surface area contributed by atoms with E-state index in [1.807, 2.05) is 44.2 Å². The maximum absolute atomic E-state index is 11.9. The van der Waals surface area contributed by atoms with E-state index in [1.165, 1.54) is 0 Å². The number of carbonyl (C=O) groups excluding carboxylic acids is 2. The Bertz CT molecular complexity index is 665. The number of hydrogen-bond donors (Lipinski definition) is 1. The van der Waals surface area contributed by atoms with Crippen molar-refractivity contribution in [2.75, 3.05) is 11.9 Å². The van der Waals surface area contributed by atoms with Crippen LogP contribution in [0.25, 0.3) is 0 Å². The standard InChI is InChI=1S/C17H17NO3/c1-12-5-3-8-15(9-12)18-16(20)11-21-17-13(2)6-4-7-14(17)10-19/h3-10H,11H2,1-2H3,(H,18,20). The highest BCUT2D eigenvalue weighted by atomic mass is 16.5. The Hall–Kier alpha value is -2.62. The van der Waals surface area contributed by atoms with E-state index in [0.29, 0.717) is 11.3 Å². The lowest BCUT2D eigenvalue weighted by Crippen LogP contribution is -2.20. The molecule has 0 atom stereocenters. The molecule has 108 valence electrons. The highest BCUT2D eigenvalue weighted by Gasteiger charge is 2.09. The van der Waals surface area contributed by atoms with E-state index in [2.05, 4.69) is 5.32 Å². The number of hydrogen-bond acceptors (Lipinski definition) is 3. The van der Waals surface area contributed by atoms with Crippen molar-refractivity contribution < 1.29 is 14.3 Å². The molecule has 2 aromatic carbocycles. The van der Waals surface area contributed by atoms with Crippen LogP contribution in [0, 0.1) is 13.8 Å². The van der Waals surface area contributed by atoms with Crippen LogP contribution in [0.5, 0.6) is 5.75 Å². The van der Waals surface area contributed by atoms with E-state index in [9.17, 15) is 9.59 Å². The number of rotatable bonds is 5. The molecule has 0 saturated carbocycles. The number of benzene rings is 2. The van der Waals surface area contributed by atoms with Gasteiger partial charge in [0, 0.05) is 5.69 Å². The van der Waals surface area contributed by atoms with Crippen molar-refractivity contribution in [1.82, 2.24) is 0 Å². The SMILES string of the molecule is Cc1cccc(NC(=O)COc2c(C)cccc2C=O)c1. The molecule has 2 rings (SSSR count). The third kappa shape index (κ3) is 3.92. The number of anilines is 1. The van der Waals surface area contributed by atoms with Gasteiger partial charge in [-0.2, -0.15) is 0 Å². The van der Waals surface area contributed by atoms with Crippen LogP contribution in [-0.4, -0.2) is 18.8 Å². The van der Waals surface area contributed by atoms with Crippen molar-refractivity contribution in [2.45, 2.75) is 13.8 Å². The first-order valence-corrected chi connectivity index (χ1v) is 6.64. The molecular weight excluding hydrogens is 266 g/mol. The minimum absolute atomic E-state index is 0.139. The molecule has 0 radical (unpaired) electrons. The van der Waals surface area contributed by atoms with Crippen LogP contribution < -0.4 is 10.1 Å². The van der Waals surface area contributed by atoms with Crippen molar-refractivity contribution in [2.24, 2.45) is 0 Å². The second-order valence-electron chi connectivity index (χ2n) is 4.82. The molecule has 2 aromatic rings. The van der Waals surface area contributed by atoms with Gasteiger partial charge in [-0.15, -0.1) is 0 Å². The number of nitrogens with one attached hydrogen (secondary N) is 1. The zero-order valence-corrected chi connectivity index (χ0v) is 12.1. The second-order valence-corrected chi connectivity index (χ2v) is 4.82. The quantitative estimate of drug-likeness (QED) is 0.858. The highest BCUT2D eigenvalue weighted by Crippen LogP contribution is 2.21. The largest absolute Gasteiger partial charge is 0.483 e. The molecule has 21 heavy (non-hydrogen) atoms. The van der Waals surface area contributed by atoms with E-state index < -0.39 is 0 Å². The Labute approximate surface area is 123 Å². The van der Waals surface area contributed by atoms with Gasteiger partial charge in [0.15, 0.2) is 12.9 Å². The number of ether oxygens (including phenoxy) is 1. The summed E-state index contributed by atoms with van der Waals surface area (Å²) in [4.78, 5) is 22.9. The van der Waals surface area contributed by atoms with Gasteiger partial charge in [-0.05, 0) is 43.2 Å². The topological polar surface area (TPSA) is 55.4 Å². The summed E-state index contributed by atoms with van der Waals surface area (Å²) in [5.74, 6) is 0.188. The lowest BCUT2D eigenvalue weighted by Gasteiger charge is -2.11. The summed E-state index contributed by atoms with van der Waals surface area (Å²) in [6.45, 7) is 3.65. The molecule has 0 unspecified atom stereocenters. The molecule has 0 aromatic heterocycles. The Kier molecular flexibility index (Phi) is 4.72. The molecule has 0 spiro atoms. The number of aldehydes is 1. The summed E-state index contributed by atoms with van der Waals surface area (Å²) in [7, 11) is 0. The molecule has 0 fully saturated rings. The van der Waals surface area contributed by atoms with Gasteiger partial charge in [0.2, 0.25) is 0 Å². The minimum atomic E-state index is -0.263. The summed E-state index contributed by atoms with van der Waals surface area (Å²) < 4.78 is 5.48. The molecule has 1 amide bonds. The third-order valence-electron chi connectivity index (χ3n) is 3.02. The van der Waals surface area contributed by atoms with Crippen molar-refractivity contribution >= 4 is 17.9 Å². The first kappa shape index (κ1) is 14.8. The van der Waals surface area contributed by atoms with Crippen molar-refractivity contribution in [1.29, 1.82) is 0 Å². The summed E-state index contributed by atoms with van der Waals surface area (Å²) >= 11 is 0. The Balaban J connectivity index is 2.00. The molecular formula is C17H17NO3. The fourth-order valence-corrected chi connectivity index (χ4v) is 2.02. The summed E-state index contributed by atoms with van der Waals surface area (Å²) in [5, 5.41) is 2.76. The Morgan fingerprint density at radius 1 is 1.19 bits per heavy atom. The van der Waals surface area contributed by atoms with Crippen LogP contribution in [-0.2, 0) is 4.79 Å². The predicted molar refractivity (Wildman–Crippen MR) is 81.9 cm³/mol. The second kappa shape index (κ2) is 6.70. The summed E-state index contributed by atoms with van der Waals surface area (Å²) in [6.07, 6.45) is 0.723. The van der Waals surface area contributed by atoms with Crippen LogP contribution in [0.2, 0.25) is 0 Å². The molecule has 4 heteroatoms. The first-order valence-electron chi connectivity index (χ1n) is 6.64. The van der Waals surface area contributed by atoms with Crippen LogP contribution >= 0.6 is 0 Å². The minimum Gasteiger partial charge on any atom is -0.483 e. The first-order chi connectivity index (χ1) is 10.1. The van der Waals surface area contributed by atoms with Crippen LogP contribution in [0.1, 0.15) is 21.5 Å². The predicted octanol–water partition coefficient (Wildman–Crippen LogP) is 3.13. The summed E-state index contributed by atoms with van der Waals surface area (Å²) in [6, 6.07) is 12.8. The van der Waals surface area contributed by atoms with Gasteiger partial charge in [-0.25, -0.2) is 0 Å². The Morgan fingerprint density at radius 3 is 2.67 bits per heavy atom. The van der Waals surface area contributed by atoms with Gasteiger partial charge in [0.05, 0.1) is 5.56 Å². The number of aryl methyl sites for hydroxylation is 2. The molecule has 1 N–H and O–H groups in total. The lowest BCUT2D eigenvalue weighted by molar-refractivity contribution is -0.118. The van der Waals surface area contributed by atoms with E-state index >= 15 is 0 Å². The van der Waals surface area contributed by atoms with Crippen molar-refractivity contribution in [3.63, 3.8) is 0 Å².